The van der Waals surface area contributed by atoms with Crippen molar-refractivity contribution >= 4 is 5.97 Å². The molecule has 0 aromatic heterocycles. The lowest BCUT2D eigenvalue weighted by atomic mass is 9.52. The minimum atomic E-state index is -0.789. The Morgan fingerprint density at radius 2 is 1.74 bits per heavy atom. The van der Waals surface area contributed by atoms with Crippen LogP contribution in [0, 0.1) is 5.41 Å². The van der Waals surface area contributed by atoms with E-state index in [0.29, 0.717) is 24.3 Å². The molecule has 2 rings (SSSR count). The third-order valence-corrected chi connectivity index (χ3v) is 3.91. The maximum absolute atomic E-state index is 11.7. The van der Waals surface area contributed by atoms with E-state index < -0.39 is 11.4 Å². The van der Waals surface area contributed by atoms with Crippen molar-refractivity contribution in [1.29, 1.82) is 0 Å². The molecule has 0 heterocycles. The Morgan fingerprint density at radius 1 is 1.16 bits per heavy atom. The summed E-state index contributed by atoms with van der Waals surface area (Å²) < 4.78 is 10.4. The Labute approximate surface area is 113 Å². The predicted octanol–water partition coefficient (Wildman–Crippen LogP) is 2.85. The molecule has 19 heavy (non-hydrogen) atoms. The van der Waals surface area contributed by atoms with Gasteiger partial charge in [0.1, 0.15) is 0 Å². The van der Waals surface area contributed by atoms with Crippen LogP contribution in [0.15, 0.2) is 18.2 Å². The molecule has 104 valence electrons. The van der Waals surface area contributed by atoms with Crippen LogP contribution in [0.3, 0.4) is 0 Å². The highest BCUT2D eigenvalue weighted by molar-refractivity contribution is 5.83. The molecule has 1 N–H and O–H groups in total. The van der Waals surface area contributed by atoms with E-state index in [2.05, 4.69) is 13.8 Å². The maximum atomic E-state index is 11.7. The van der Waals surface area contributed by atoms with Crippen LogP contribution in [0.2, 0.25) is 0 Å². The molecule has 1 aromatic carbocycles. The van der Waals surface area contributed by atoms with Crippen molar-refractivity contribution < 1.29 is 19.4 Å². The summed E-state index contributed by atoms with van der Waals surface area (Å²) >= 11 is 0. The first-order valence-corrected chi connectivity index (χ1v) is 6.30. The van der Waals surface area contributed by atoms with Gasteiger partial charge in [0.25, 0.3) is 0 Å². The van der Waals surface area contributed by atoms with Crippen LogP contribution in [-0.4, -0.2) is 25.3 Å². The second-order valence-corrected chi connectivity index (χ2v) is 5.97. The van der Waals surface area contributed by atoms with Gasteiger partial charge in [-0.2, -0.15) is 0 Å². The summed E-state index contributed by atoms with van der Waals surface area (Å²) in [7, 11) is 3.12. The molecule has 0 bridgehead atoms. The molecule has 0 amide bonds. The van der Waals surface area contributed by atoms with Gasteiger partial charge in [-0.05, 0) is 36.0 Å². The molecule has 1 saturated carbocycles. The zero-order valence-electron chi connectivity index (χ0n) is 11.8. The average molecular weight is 264 g/mol. The van der Waals surface area contributed by atoms with Crippen molar-refractivity contribution in [1.82, 2.24) is 0 Å². The lowest BCUT2D eigenvalue weighted by molar-refractivity contribution is -0.153. The molecular weight excluding hydrogens is 244 g/mol. The molecule has 1 fully saturated rings. The molecule has 0 spiro atoms. The number of methoxy groups -OCH3 is 2. The second-order valence-electron chi connectivity index (χ2n) is 5.97. The monoisotopic (exact) mass is 264 g/mol. The summed E-state index contributed by atoms with van der Waals surface area (Å²) in [6.45, 7) is 4.18. The second kappa shape index (κ2) is 4.44. The van der Waals surface area contributed by atoms with Crippen molar-refractivity contribution in [3.63, 3.8) is 0 Å². The number of carbonyl (C=O) groups is 1. The molecule has 0 aliphatic heterocycles. The minimum absolute atomic E-state index is 0.0750. The standard InChI is InChI=1S/C15H20O4/c1-14(2)8-15(9-14,13(16)17)10-5-6-11(18-3)12(7-10)19-4/h5-7H,8-9H2,1-4H3,(H,16,17). The highest BCUT2D eigenvalue weighted by Crippen LogP contribution is 2.56. The molecule has 1 aliphatic rings. The van der Waals surface area contributed by atoms with Crippen LogP contribution in [-0.2, 0) is 10.2 Å². The lowest BCUT2D eigenvalue weighted by Crippen LogP contribution is -2.52. The van der Waals surface area contributed by atoms with Gasteiger partial charge < -0.3 is 14.6 Å². The molecule has 1 aromatic rings. The SMILES string of the molecule is COc1ccc(C2(C(=O)O)CC(C)(C)C2)cc1OC. The van der Waals surface area contributed by atoms with Gasteiger partial charge in [-0.3, -0.25) is 4.79 Å². The number of ether oxygens (including phenoxy) is 2. The molecule has 1 aliphatic carbocycles. The van der Waals surface area contributed by atoms with E-state index in [1.165, 1.54) is 0 Å². The Morgan fingerprint density at radius 3 is 2.16 bits per heavy atom. The normalized spacial score (nSPS) is 19.4. The molecule has 4 heteroatoms. The Bertz CT molecular complexity index is 497. The van der Waals surface area contributed by atoms with Crippen LogP contribution in [0.25, 0.3) is 0 Å². The van der Waals surface area contributed by atoms with Gasteiger partial charge in [0.15, 0.2) is 11.5 Å². The Kier molecular flexibility index (Phi) is 3.20. The average Bonchev–Trinajstić information content (AvgIpc) is 2.34. The van der Waals surface area contributed by atoms with Crippen LogP contribution in [0.5, 0.6) is 11.5 Å². The highest BCUT2D eigenvalue weighted by Gasteiger charge is 2.55. The lowest BCUT2D eigenvalue weighted by Gasteiger charge is -2.50. The van der Waals surface area contributed by atoms with E-state index in [1.807, 2.05) is 6.07 Å². The number of carboxylic acid groups (broad SMARTS) is 1. The van der Waals surface area contributed by atoms with Crippen molar-refractivity contribution in [3.8, 4) is 11.5 Å². The fourth-order valence-corrected chi connectivity index (χ4v) is 3.19. The van der Waals surface area contributed by atoms with E-state index in [1.54, 1.807) is 26.4 Å². The minimum Gasteiger partial charge on any atom is -0.493 e. The fraction of sp³-hybridized carbons (Fsp3) is 0.533. The molecule has 0 unspecified atom stereocenters. The van der Waals surface area contributed by atoms with E-state index in [4.69, 9.17) is 9.47 Å². The number of hydrogen-bond acceptors (Lipinski definition) is 3. The van der Waals surface area contributed by atoms with E-state index in [0.717, 1.165) is 5.56 Å². The van der Waals surface area contributed by atoms with Crippen molar-refractivity contribution in [3.05, 3.63) is 23.8 Å². The summed E-state index contributed by atoms with van der Waals surface area (Å²) in [5.74, 6) is 0.426. The first-order valence-electron chi connectivity index (χ1n) is 6.30. The van der Waals surface area contributed by atoms with Gasteiger partial charge in [-0.25, -0.2) is 0 Å². The van der Waals surface area contributed by atoms with Gasteiger partial charge >= 0.3 is 5.97 Å². The Hall–Kier alpha value is -1.71. The zero-order valence-corrected chi connectivity index (χ0v) is 11.8. The van der Waals surface area contributed by atoms with Gasteiger partial charge in [-0.1, -0.05) is 19.9 Å². The molecule has 0 atom stereocenters. The number of benzene rings is 1. The van der Waals surface area contributed by atoms with Gasteiger partial charge in [-0.15, -0.1) is 0 Å². The summed E-state index contributed by atoms with van der Waals surface area (Å²) in [5.41, 5.74) is 0.0752. The predicted molar refractivity (Wildman–Crippen MR) is 71.9 cm³/mol. The summed E-state index contributed by atoms with van der Waals surface area (Å²) in [6.07, 6.45) is 1.29. The quantitative estimate of drug-likeness (QED) is 0.908. The number of rotatable bonds is 4. The topological polar surface area (TPSA) is 55.8 Å². The summed E-state index contributed by atoms with van der Waals surface area (Å²) in [5, 5.41) is 9.59. The molecule has 0 radical (unpaired) electrons. The Balaban J connectivity index is 2.42. The van der Waals surface area contributed by atoms with Crippen LogP contribution in [0.4, 0.5) is 0 Å². The smallest absolute Gasteiger partial charge is 0.314 e. The zero-order chi connectivity index (χ0) is 14.3. The van der Waals surface area contributed by atoms with Crippen LogP contribution >= 0.6 is 0 Å². The summed E-state index contributed by atoms with van der Waals surface area (Å²) in [6, 6.07) is 5.37. The van der Waals surface area contributed by atoms with E-state index in [9.17, 15) is 9.90 Å². The van der Waals surface area contributed by atoms with Gasteiger partial charge in [0, 0.05) is 0 Å². The third-order valence-electron chi connectivity index (χ3n) is 3.91. The van der Waals surface area contributed by atoms with E-state index in [-0.39, 0.29) is 5.41 Å². The molecule has 0 saturated heterocycles. The first-order chi connectivity index (χ1) is 8.84. The van der Waals surface area contributed by atoms with E-state index >= 15 is 0 Å². The fourth-order valence-electron chi connectivity index (χ4n) is 3.19. The maximum Gasteiger partial charge on any atom is 0.314 e. The third kappa shape index (κ3) is 2.15. The van der Waals surface area contributed by atoms with Crippen molar-refractivity contribution in [2.75, 3.05) is 14.2 Å². The van der Waals surface area contributed by atoms with Crippen molar-refractivity contribution in [2.45, 2.75) is 32.1 Å². The largest absolute Gasteiger partial charge is 0.493 e. The van der Waals surface area contributed by atoms with Crippen LogP contribution in [0.1, 0.15) is 32.3 Å². The molecule has 4 nitrogen and oxygen atoms in total. The first kappa shape index (κ1) is 13.7. The number of hydrogen-bond donors (Lipinski definition) is 1. The van der Waals surface area contributed by atoms with Gasteiger partial charge in [0.2, 0.25) is 0 Å². The van der Waals surface area contributed by atoms with Gasteiger partial charge in [0.05, 0.1) is 19.6 Å². The van der Waals surface area contributed by atoms with Crippen molar-refractivity contribution in [2.24, 2.45) is 5.41 Å². The summed E-state index contributed by atoms with van der Waals surface area (Å²) in [4.78, 5) is 11.7. The van der Waals surface area contributed by atoms with Crippen LogP contribution < -0.4 is 9.47 Å². The highest BCUT2D eigenvalue weighted by atomic mass is 16.5. The number of carboxylic acids is 1. The number of aliphatic carboxylic acids is 1. The molecular formula is C15H20O4.